The van der Waals surface area contributed by atoms with Crippen molar-refractivity contribution in [3.8, 4) is 22.9 Å². The molecule has 0 saturated carbocycles. The lowest BCUT2D eigenvalue weighted by Crippen LogP contribution is -2.23. The minimum Gasteiger partial charge on any atom is -0.490 e. The van der Waals surface area contributed by atoms with Gasteiger partial charge in [0, 0.05) is 11.8 Å². The van der Waals surface area contributed by atoms with Crippen LogP contribution in [0.25, 0.3) is 40.3 Å². The van der Waals surface area contributed by atoms with Crippen molar-refractivity contribution in [3.05, 3.63) is 124 Å². The van der Waals surface area contributed by atoms with E-state index in [9.17, 15) is 4.79 Å². The van der Waals surface area contributed by atoms with Crippen LogP contribution in [-0.2, 0) is 0 Å². The lowest BCUT2D eigenvalue weighted by Gasteiger charge is -2.02. The van der Waals surface area contributed by atoms with E-state index in [0.717, 1.165) is 22.6 Å². The van der Waals surface area contributed by atoms with Crippen molar-refractivity contribution < 1.29 is 9.15 Å². The van der Waals surface area contributed by atoms with E-state index >= 15 is 0 Å². The molecule has 0 radical (unpaired) electrons. The molecule has 186 valence electrons. The highest BCUT2D eigenvalue weighted by Crippen LogP contribution is 2.25. The number of fused-ring (bicyclic) bond motifs is 1. The first-order valence-corrected chi connectivity index (χ1v) is 12.6. The summed E-state index contributed by atoms with van der Waals surface area (Å²) in [6.07, 6.45) is 10.7. The molecule has 0 bridgehead atoms. The normalized spacial score (nSPS) is 12.1. The molecule has 0 aliphatic carbocycles. The molecule has 0 unspecified atom stereocenters. The summed E-state index contributed by atoms with van der Waals surface area (Å²) in [5.41, 5.74) is 3.03. The highest BCUT2D eigenvalue weighted by atomic mass is 32.1. The number of furan rings is 1. The number of nitrogens with zero attached hydrogens (tertiary/aromatic N) is 5. The van der Waals surface area contributed by atoms with Crippen molar-refractivity contribution >= 4 is 34.5 Å². The lowest BCUT2D eigenvalue weighted by atomic mass is 10.2. The first-order chi connectivity index (χ1) is 18.7. The van der Waals surface area contributed by atoms with Crippen LogP contribution >= 0.6 is 11.3 Å². The molecule has 4 aromatic heterocycles. The maximum Gasteiger partial charge on any atom is 0.291 e. The number of hydrogen-bond acceptors (Lipinski definition) is 7. The molecular weight excluding hydrogens is 498 g/mol. The molecule has 0 fully saturated rings. The average molecular weight is 520 g/mol. The van der Waals surface area contributed by atoms with Crippen LogP contribution in [0.4, 0.5) is 0 Å². The van der Waals surface area contributed by atoms with Gasteiger partial charge in [-0.15, -0.1) is 5.10 Å². The van der Waals surface area contributed by atoms with E-state index in [2.05, 4.69) is 16.7 Å². The van der Waals surface area contributed by atoms with Crippen LogP contribution in [-0.4, -0.2) is 31.0 Å². The van der Waals surface area contributed by atoms with Crippen molar-refractivity contribution in [2.24, 2.45) is 0 Å². The molecule has 2 aromatic carbocycles. The van der Waals surface area contributed by atoms with Crippen LogP contribution in [0.2, 0.25) is 0 Å². The van der Waals surface area contributed by atoms with E-state index in [1.807, 2.05) is 79.0 Å². The summed E-state index contributed by atoms with van der Waals surface area (Å²) < 4.78 is 14.7. The molecule has 0 N–H and O–H groups in total. The minimum atomic E-state index is -0.237. The highest BCUT2D eigenvalue weighted by molar-refractivity contribution is 7.15. The van der Waals surface area contributed by atoms with Crippen LogP contribution in [0.15, 0.2) is 101 Å². The Bertz CT molecular complexity index is 1850. The largest absolute Gasteiger partial charge is 0.490 e. The van der Waals surface area contributed by atoms with Gasteiger partial charge in [0.15, 0.2) is 11.6 Å². The summed E-state index contributed by atoms with van der Waals surface area (Å²) in [6, 6.07) is 21.1. The summed E-state index contributed by atoms with van der Waals surface area (Å²) in [7, 11) is 0. The fourth-order valence-corrected chi connectivity index (χ4v) is 4.78. The van der Waals surface area contributed by atoms with Crippen molar-refractivity contribution in [3.63, 3.8) is 0 Å². The standard InChI is InChI=1S/C29H21N5O3S/c1-2-16-36-23-13-10-20(11-14-23)12-15-26-30-29-34(31-26)28(35)25(38-29)18-21-19-33(22-7-4-3-5-8-22)32-27(21)24-9-6-17-37-24/h2-15,17-19H,1,16H2/b15-12+,25-18-. The van der Waals surface area contributed by atoms with Crippen LogP contribution < -0.4 is 14.8 Å². The second-order valence-corrected chi connectivity index (χ2v) is 9.28. The molecular formula is C29H21N5O3S. The molecule has 0 spiro atoms. The fourth-order valence-electron chi connectivity index (χ4n) is 3.87. The monoisotopic (exact) mass is 519 g/mol. The van der Waals surface area contributed by atoms with E-state index in [0.29, 0.717) is 33.4 Å². The van der Waals surface area contributed by atoms with Gasteiger partial charge in [0.2, 0.25) is 4.96 Å². The third kappa shape index (κ3) is 4.70. The van der Waals surface area contributed by atoms with Crippen molar-refractivity contribution in [1.82, 2.24) is 24.4 Å². The fraction of sp³-hybridized carbons (Fsp3) is 0.0345. The highest BCUT2D eigenvalue weighted by Gasteiger charge is 2.15. The first kappa shape index (κ1) is 23.4. The van der Waals surface area contributed by atoms with E-state index in [-0.39, 0.29) is 5.56 Å². The second kappa shape index (κ2) is 10.2. The van der Waals surface area contributed by atoms with Gasteiger partial charge in [0.1, 0.15) is 18.1 Å². The molecule has 0 saturated heterocycles. The number of hydrogen-bond donors (Lipinski definition) is 0. The minimum absolute atomic E-state index is 0.237. The predicted molar refractivity (Wildman–Crippen MR) is 148 cm³/mol. The Balaban J connectivity index is 1.31. The summed E-state index contributed by atoms with van der Waals surface area (Å²) in [6.45, 7) is 4.11. The molecule has 6 aromatic rings. The van der Waals surface area contributed by atoms with Crippen molar-refractivity contribution in [2.75, 3.05) is 6.61 Å². The molecule has 8 nitrogen and oxygen atoms in total. The summed E-state index contributed by atoms with van der Waals surface area (Å²) >= 11 is 1.28. The number of para-hydroxylation sites is 1. The van der Waals surface area contributed by atoms with Gasteiger partial charge >= 0.3 is 0 Å². The van der Waals surface area contributed by atoms with Crippen molar-refractivity contribution in [1.29, 1.82) is 0 Å². The zero-order valence-corrected chi connectivity index (χ0v) is 20.9. The molecule has 38 heavy (non-hydrogen) atoms. The molecule has 0 aliphatic rings. The second-order valence-electron chi connectivity index (χ2n) is 8.27. The number of aromatic nitrogens is 5. The Morgan fingerprint density at radius 1 is 1.00 bits per heavy atom. The Kier molecular flexibility index (Phi) is 6.25. The van der Waals surface area contributed by atoms with Gasteiger partial charge in [0.25, 0.3) is 5.56 Å². The van der Waals surface area contributed by atoms with E-state index < -0.39 is 0 Å². The van der Waals surface area contributed by atoms with Crippen LogP contribution in [0.3, 0.4) is 0 Å². The van der Waals surface area contributed by atoms with Crippen LogP contribution in [0.5, 0.6) is 5.75 Å². The Morgan fingerprint density at radius 3 is 2.58 bits per heavy atom. The number of thiazole rings is 1. The van der Waals surface area contributed by atoms with Gasteiger partial charge < -0.3 is 9.15 Å². The van der Waals surface area contributed by atoms with Gasteiger partial charge in [0.05, 0.1) is 16.5 Å². The zero-order valence-electron chi connectivity index (χ0n) is 20.1. The third-order valence-electron chi connectivity index (χ3n) is 5.68. The topological polar surface area (TPSA) is 87.5 Å². The summed E-state index contributed by atoms with van der Waals surface area (Å²) in [4.78, 5) is 18.2. The molecule has 4 heterocycles. The van der Waals surface area contributed by atoms with Crippen LogP contribution in [0.1, 0.15) is 17.0 Å². The van der Waals surface area contributed by atoms with Gasteiger partial charge in [-0.3, -0.25) is 4.79 Å². The van der Waals surface area contributed by atoms with Gasteiger partial charge in [-0.05, 0) is 54.1 Å². The van der Waals surface area contributed by atoms with E-state index in [1.54, 1.807) is 29.2 Å². The number of benzene rings is 2. The SMILES string of the molecule is C=CCOc1ccc(/C=C/c2nc3s/c(=C\c4cn(-c5ccccc5)nc4-c4ccco4)c(=O)n3n2)cc1. The predicted octanol–water partition coefficient (Wildman–Crippen LogP) is 4.88. The zero-order chi connectivity index (χ0) is 25.9. The average Bonchev–Trinajstić information content (AvgIpc) is 3.74. The molecule has 6 rings (SSSR count). The molecule has 0 aliphatic heterocycles. The van der Waals surface area contributed by atoms with E-state index in [4.69, 9.17) is 14.3 Å². The Morgan fingerprint density at radius 2 is 1.84 bits per heavy atom. The van der Waals surface area contributed by atoms with Crippen LogP contribution in [0, 0.1) is 0 Å². The molecule has 0 atom stereocenters. The lowest BCUT2D eigenvalue weighted by molar-refractivity contribution is 0.363. The maximum atomic E-state index is 13.2. The van der Waals surface area contributed by atoms with Gasteiger partial charge in [-0.1, -0.05) is 60.4 Å². The number of rotatable bonds is 8. The summed E-state index contributed by atoms with van der Waals surface area (Å²) in [5.74, 6) is 1.84. The number of ether oxygens (including phenoxy) is 1. The van der Waals surface area contributed by atoms with Gasteiger partial charge in [-0.2, -0.15) is 14.6 Å². The Hall–Kier alpha value is -5.02. The quantitative estimate of drug-likeness (QED) is 0.267. The molecule has 9 heteroatoms. The molecule has 0 amide bonds. The Labute approximate surface area is 221 Å². The van der Waals surface area contributed by atoms with Crippen molar-refractivity contribution in [2.45, 2.75) is 0 Å². The maximum absolute atomic E-state index is 13.2. The smallest absolute Gasteiger partial charge is 0.291 e. The third-order valence-corrected chi connectivity index (χ3v) is 6.63. The first-order valence-electron chi connectivity index (χ1n) is 11.8. The van der Waals surface area contributed by atoms with Gasteiger partial charge in [-0.25, -0.2) is 4.68 Å². The summed E-state index contributed by atoms with van der Waals surface area (Å²) in [5, 5.41) is 9.11. The van der Waals surface area contributed by atoms with E-state index in [1.165, 1.54) is 15.9 Å².